The fraction of sp³-hybridized carbons (Fsp3) is 0.467. The van der Waals surface area contributed by atoms with Crippen molar-refractivity contribution in [3.63, 3.8) is 0 Å². The molecule has 0 amide bonds. The highest BCUT2D eigenvalue weighted by molar-refractivity contribution is 6.31. The quantitative estimate of drug-likeness (QED) is 0.666. The van der Waals surface area contributed by atoms with Crippen LogP contribution in [0.5, 0.6) is 0 Å². The molecule has 1 heterocycles. The number of H-pyrrole nitrogens is 1. The largest absolute Gasteiger partial charge is 0.361 e. The molecule has 0 unspecified atom stereocenters. The monoisotopic (exact) mass is 249 g/mol. The smallest absolute Gasteiger partial charge is 0.0457 e. The van der Waals surface area contributed by atoms with Crippen molar-refractivity contribution in [2.45, 2.75) is 45.4 Å². The lowest BCUT2D eigenvalue weighted by molar-refractivity contribution is 0.633. The summed E-state index contributed by atoms with van der Waals surface area (Å²) in [6.07, 6.45) is 9.92. The van der Waals surface area contributed by atoms with E-state index in [0.717, 1.165) is 11.4 Å². The molecule has 0 aliphatic rings. The minimum absolute atomic E-state index is 0.823. The lowest BCUT2D eigenvalue weighted by atomic mass is 10.0. The van der Waals surface area contributed by atoms with Crippen LogP contribution in [0.25, 0.3) is 10.9 Å². The van der Waals surface area contributed by atoms with Gasteiger partial charge in [0.25, 0.3) is 0 Å². The predicted octanol–water partition coefficient (Wildman–Crippen LogP) is 5.33. The van der Waals surface area contributed by atoms with Crippen LogP contribution in [0.3, 0.4) is 0 Å². The van der Waals surface area contributed by atoms with Crippen LogP contribution in [-0.4, -0.2) is 4.98 Å². The summed E-state index contributed by atoms with van der Waals surface area (Å²) in [4.78, 5) is 3.31. The molecule has 2 rings (SSSR count). The Labute approximate surface area is 108 Å². The van der Waals surface area contributed by atoms with Crippen molar-refractivity contribution >= 4 is 22.5 Å². The molecule has 17 heavy (non-hydrogen) atoms. The molecule has 1 aromatic carbocycles. The maximum Gasteiger partial charge on any atom is 0.0457 e. The Hall–Kier alpha value is -0.950. The number of fused-ring (bicyclic) bond motifs is 1. The highest BCUT2D eigenvalue weighted by atomic mass is 35.5. The number of benzene rings is 1. The van der Waals surface area contributed by atoms with E-state index >= 15 is 0 Å². The summed E-state index contributed by atoms with van der Waals surface area (Å²) in [5.74, 6) is 0. The second-order valence-electron chi connectivity index (χ2n) is 4.67. The van der Waals surface area contributed by atoms with E-state index < -0.39 is 0 Å². The van der Waals surface area contributed by atoms with Gasteiger partial charge in [0.15, 0.2) is 0 Å². The lowest BCUT2D eigenvalue weighted by Gasteiger charge is -2.00. The first kappa shape index (κ1) is 12.5. The zero-order valence-corrected chi connectivity index (χ0v) is 11.2. The summed E-state index contributed by atoms with van der Waals surface area (Å²) in [6, 6.07) is 6.05. The molecule has 0 aliphatic heterocycles. The molecular weight excluding hydrogens is 230 g/mol. The van der Waals surface area contributed by atoms with Gasteiger partial charge in [0, 0.05) is 22.1 Å². The van der Waals surface area contributed by atoms with Gasteiger partial charge in [-0.1, -0.05) is 44.2 Å². The predicted molar refractivity (Wildman–Crippen MR) is 75.8 cm³/mol. The van der Waals surface area contributed by atoms with Gasteiger partial charge in [-0.15, -0.1) is 0 Å². The Morgan fingerprint density at radius 2 is 1.94 bits per heavy atom. The molecule has 1 nitrogen and oxygen atoms in total. The molecule has 0 spiro atoms. The fourth-order valence-electron chi connectivity index (χ4n) is 2.28. The van der Waals surface area contributed by atoms with E-state index in [9.17, 15) is 0 Å². The van der Waals surface area contributed by atoms with E-state index in [1.165, 1.54) is 48.6 Å². The van der Waals surface area contributed by atoms with E-state index in [2.05, 4.69) is 30.2 Å². The zero-order valence-electron chi connectivity index (χ0n) is 10.4. The van der Waals surface area contributed by atoms with Gasteiger partial charge in [-0.05, 0) is 36.6 Å². The molecule has 0 atom stereocenters. The van der Waals surface area contributed by atoms with Crippen molar-refractivity contribution in [2.24, 2.45) is 0 Å². The Bertz CT molecular complexity index is 473. The first-order chi connectivity index (χ1) is 8.31. The Balaban J connectivity index is 1.96. The number of aromatic nitrogens is 1. The molecule has 0 saturated heterocycles. The van der Waals surface area contributed by atoms with Crippen LogP contribution >= 0.6 is 11.6 Å². The number of unbranched alkanes of at least 4 members (excludes halogenated alkanes) is 4. The van der Waals surface area contributed by atoms with E-state index in [1.807, 2.05) is 6.07 Å². The second-order valence-corrected chi connectivity index (χ2v) is 5.10. The average molecular weight is 250 g/mol. The summed E-state index contributed by atoms with van der Waals surface area (Å²) in [6.45, 7) is 2.25. The number of rotatable bonds is 6. The van der Waals surface area contributed by atoms with Crippen molar-refractivity contribution in [2.75, 3.05) is 0 Å². The second kappa shape index (κ2) is 6.11. The molecule has 1 aromatic heterocycles. The molecule has 1 N–H and O–H groups in total. The highest BCUT2D eigenvalue weighted by Crippen LogP contribution is 2.23. The van der Waals surface area contributed by atoms with Gasteiger partial charge in [-0.25, -0.2) is 0 Å². The van der Waals surface area contributed by atoms with Crippen molar-refractivity contribution < 1.29 is 0 Å². The Morgan fingerprint density at radius 1 is 1.12 bits per heavy atom. The van der Waals surface area contributed by atoms with Gasteiger partial charge in [-0.2, -0.15) is 0 Å². The summed E-state index contributed by atoms with van der Waals surface area (Å²) in [5.41, 5.74) is 2.59. The first-order valence-electron chi connectivity index (χ1n) is 6.57. The molecule has 92 valence electrons. The van der Waals surface area contributed by atoms with Gasteiger partial charge in [0.05, 0.1) is 0 Å². The van der Waals surface area contributed by atoms with Crippen LogP contribution in [0, 0.1) is 0 Å². The number of aromatic amines is 1. The van der Waals surface area contributed by atoms with Crippen molar-refractivity contribution in [1.29, 1.82) is 0 Å². The molecule has 2 aromatic rings. The van der Waals surface area contributed by atoms with Gasteiger partial charge in [-0.3, -0.25) is 0 Å². The molecule has 0 fully saturated rings. The lowest BCUT2D eigenvalue weighted by Crippen LogP contribution is -1.84. The number of hydrogen-bond donors (Lipinski definition) is 1. The minimum Gasteiger partial charge on any atom is -0.361 e. The third-order valence-corrected chi connectivity index (χ3v) is 3.51. The number of halogens is 1. The van der Waals surface area contributed by atoms with Crippen LogP contribution in [0.2, 0.25) is 5.02 Å². The van der Waals surface area contributed by atoms with Crippen molar-refractivity contribution in [1.82, 2.24) is 4.98 Å². The number of aryl methyl sites for hydroxylation is 1. The number of nitrogens with one attached hydrogen (secondary N) is 1. The van der Waals surface area contributed by atoms with Crippen molar-refractivity contribution in [3.05, 3.63) is 35.0 Å². The summed E-state index contributed by atoms with van der Waals surface area (Å²) < 4.78 is 0. The Kier molecular flexibility index (Phi) is 4.49. The third-order valence-electron chi connectivity index (χ3n) is 3.28. The molecule has 0 aliphatic carbocycles. The molecule has 0 saturated carbocycles. The highest BCUT2D eigenvalue weighted by Gasteiger charge is 2.03. The fourth-order valence-corrected chi connectivity index (χ4v) is 2.45. The summed E-state index contributed by atoms with van der Waals surface area (Å²) in [5, 5.41) is 2.11. The molecule has 0 radical (unpaired) electrons. The maximum atomic E-state index is 6.04. The third kappa shape index (κ3) is 3.26. The SMILES string of the molecule is CCCCCCCc1c[nH]c2ccc(Cl)cc12. The molecule has 0 bridgehead atoms. The van der Waals surface area contributed by atoms with E-state index in [4.69, 9.17) is 11.6 Å². The Morgan fingerprint density at radius 3 is 2.76 bits per heavy atom. The summed E-state index contributed by atoms with van der Waals surface area (Å²) >= 11 is 6.04. The van der Waals surface area contributed by atoms with Crippen LogP contribution < -0.4 is 0 Å². The summed E-state index contributed by atoms with van der Waals surface area (Å²) in [7, 11) is 0. The molecule has 2 heteroatoms. The topological polar surface area (TPSA) is 15.8 Å². The van der Waals surface area contributed by atoms with Gasteiger partial charge >= 0.3 is 0 Å². The van der Waals surface area contributed by atoms with E-state index in [1.54, 1.807) is 0 Å². The van der Waals surface area contributed by atoms with Crippen LogP contribution in [-0.2, 0) is 6.42 Å². The average Bonchev–Trinajstić information content (AvgIpc) is 2.72. The van der Waals surface area contributed by atoms with Crippen LogP contribution in [0.4, 0.5) is 0 Å². The molecular formula is C15H20ClN. The standard InChI is InChI=1S/C15H20ClN/c1-2-3-4-5-6-7-12-11-17-15-9-8-13(16)10-14(12)15/h8-11,17H,2-7H2,1H3. The minimum atomic E-state index is 0.823. The van der Waals surface area contributed by atoms with Crippen LogP contribution in [0.1, 0.15) is 44.6 Å². The maximum absolute atomic E-state index is 6.04. The van der Waals surface area contributed by atoms with E-state index in [0.29, 0.717) is 0 Å². The first-order valence-corrected chi connectivity index (χ1v) is 6.94. The number of hydrogen-bond acceptors (Lipinski definition) is 0. The van der Waals surface area contributed by atoms with Gasteiger partial charge < -0.3 is 4.98 Å². The van der Waals surface area contributed by atoms with Gasteiger partial charge in [0.2, 0.25) is 0 Å². The van der Waals surface area contributed by atoms with Crippen LogP contribution in [0.15, 0.2) is 24.4 Å². The van der Waals surface area contributed by atoms with E-state index in [-0.39, 0.29) is 0 Å². The van der Waals surface area contributed by atoms with Crippen molar-refractivity contribution in [3.8, 4) is 0 Å². The van der Waals surface area contributed by atoms with Gasteiger partial charge in [0.1, 0.15) is 0 Å². The normalized spacial score (nSPS) is 11.2. The zero-order chi connectivity index (χ0) is 12.1.